The topological polar surface area (TPSA) is 75.4 Å². The predicted octanol–water partition coefficient (Wildman–Crippen LogP) is 3.05. The fourth-order valence-electron chi connectivity index (χ4n) is 3.42. The van der Waals surface area contributed by atoms with Crippen LogP contribution in [0.2, 0.25) is 0 Å². The highest BCUT2D eigenvalue weighted by atomic mass is 16.1. The molecule has 0 unspecified atom stereocenters. The number of nitrogens with two attached hydrogens (primary N) is 1. The van der Waals surface area contributed by atoms with Gasteiger partial charge in [0.2, 0.25) is 5.91 Å². The lowest BCUT2D eigenvalue weighted by Gasteiger charge is -2.14. The lowest BCUT2D eigenvalue weighted by Crippen LogP contribution is -2.25. The van der Waals surface area contributed by atoms with Crippen LogP contribution in [0.3, 0.4) is 0 Å². The highest BCUT2D eigenvalue weighted by molar-refractivity contribution is 5.91. The van der Waals surface area contributed by atoms with E-state index >= 15 is 0 Å². The van der Waals surface area contributed by atoms with Crippen molar-refractivity contribution in [1.82, 2.24) is 4.90 Å². The van der Waals surface area contributed by atoms with Gasteiger partial charge in [-0.1, -0.05) is 24.3 Å². The average molecular weight is 365 g/mol. The van der Waals surface area contributed by atoms with Crippen LogP contribution in [0, 0.1) is 0 Å². The molecule has 0 saturated carbocycles. The maximum absolute atomic E-state index is 12.3. The van der Waals surface area contributed by atoms with Gasteiger partial charge in [0.25, 0.3) is 0 Å². The van der Waals surface area contributed by atoms with Crippen LogP contribution in [-0.4, -0.2) is 36.2 Å². The van der Waals surface area contributed by atoms with Gasteiger partial charge in [0, 0.05) is 37.2 Å². The minimum absolute atomic E-state index is 0.0346. The molecule has 0 atom stereocenters. The number of ketones is 1. The Morgan fingerprint density at radius 2 is 1.67 bits per heavy atom. The van der Waals surface area contributed by atoms with Crippen LogP contribution in [0.25, 0.3) is 0 Å². The van der Waals surface area contributed by atoms with Crippen molar-refractivity contribution in [2.75, 3.05) is 30.7 Å². The van der Waals surface area contributed by atoms with Gasteiger partial charge in [-0.05, 0) is 61.3 Å². The fraction of sp³-hybridized carbons (Fsp3) is 0.364. The van der Waals surface area contributed by atoms with E-state index < -0.39 is 0 Å². The molecule has 0 aliphatic carbocycles. The monoisotopic (exact) mass is 365 g/mol. The Balaban J connectivity index is 1.45. The first-order chi connectivity index (χ1) is 13.1. The third-order valence-corrected chi connectivity index (χ3v) is 4.85. The van der Waals surface area contributed by atoms with Gasteiger partial charge in [-0.25, -0.2) is 0 Å². The Morgan fingerprint density at radius 3 is 2.37 bits per heavy atom. The van der Waals surface area contributed by atoms with Crippen LogP contribution in [0.5, 0.6) is 0 Å². The van der Waals surface area contributed by atoms with Crippen LogP contribution < -0.4 is 11.1 Å². The molecule has 5 nitrogen and oxygen atoms in total. The zero-order valence-corrected chi connectivity index (χ0v) is 15.6. The number of carbonyl (C=O) groups excluding carboxylic acids is 2. The number of nitrogens with zero attached hydrogens (tertiary/aromatic N) is 1. The summed E-state index contributed by atoms with van der Waals surface area (Å²) >= 11 is 0. The molecule has 1 saturated heterocycles. The number of rotatable bonds is 8. The van der Waals surface area contributed by atoms with E-state index in [0.29, 0.717) is 24.9 Å². The van der Waals surface area contributed by atoms with Crippen molar-refractivity contribution < 1.29 is 9.59 Å². The molecule has 1 fully saturated rings. The van der Waals surface area contributed by atoms with E-state index in [9.17, 15) is 9.59 Å². The molecule has 0 aromatic heterocycles. The molecule has 1 aliphatic heterocycles. The largest absolute Gasteiger partial charge is 0.399 e. The van der Waals surface area contributed by atoms with Crippen molar-refractivity contribution in [1.29, 1.82) is 0 Å². The van der Waals surface area contributed by atoms with Crippen molar-refractivity contribution in [3.63, 3.8) is 0 Å². The van der Waals surface area contributed by atoms with Crippen molar-refractivity contribution in [3.05, 3.63) is 59.7 Å². The Kier molecular flexibility index (Phi) is 6.60. The fourth-order valence-corrected chi connectivity index (χ4v) is 3.42. The first-order valence-corrected chi connectivity index (χ1v) is 9.56. The van der Waals surface area contributed by atoms with E-state index in [-0.39, 0.29) is 11.7 Å². The van der Waals surface area contributed by atoms with E-state index in [1.807, 2.05) is 48.5 Å². The molecular weight excluding hydrogens is 338 g/mol. The van der Waals surface area contributed by atoms with E-state index in [1.165, 1.54) is 12.8 Å². The zero-order valence-electron chi connectivity index (χ0n) is 15.6. The number of hydrogen-bond donors (Lipinski definition) is 2. The molecule has 142 valence electrons. The minimum atomic E-state index is 0.0346. The Morgan fingerprint density at radius 1 is 0.963 bits per heavy atom. The second-order valence-corrected chi connectivity index (χ2v) is 7.18. The van der Waals surface area contributed by atoms with Crippen LogP contribution in [-0.2, 0) is 22.4 Å². The van der Waals surface area contributed by atoms with Gasteiger partial charge in [0.15, 0.2) is 0 Å². The number of Topliss-reactive ketones (excluding diaryl/α,β-unsaturated/α-hetero) is 1. The maximum atomic E-state index is 12.3. The normalized spacial score (nSPS) is 14.2. The molecule has 3 N–H and O–H groups in total. The van der Waals surface area contributed by atoms with Gasteiger partial charge in [-0.2, -0.15) is 0 Å². The number of anilines is 2. The Labute approximate surface area is 160 Å². The second kappa shape index (κ2) is 9.33. The smallest absolute Gasteiger partial charge is 0.225 e. The highest BCUT2D eigenvalue weighted by Crippen LogP contribution is 2.14. The van der Waals surface area contributed by atoms with Crippen LogP contribution in [0.15, 0.2) is 48.5 Å². The lowest BCUT2D eigenvalue weighted by molar-refractivity contribution is -0.118. The summed E-state index contributed by atoms with van der Waals surface area (Å²) in [7, 11) is 0. The molecule has 27 heavy (non-hydrogen) atoms. The molecule has 0 spiro atoms. The molecule has 1 aliphatic rings. The maximum Gasteiger partial charge on any atom is 0.225 e. The molecular formula is C22H27N3O2. The van der Waals surface area contributed by atoms with Crippen molar-refractivity contribution in [2.45, 2.75) is 32.1 Å². The summed E-state index contributed by atoms with van der Waals surface area (Å²) in [6, 6.07) is 14.9. The third kappa shape index (κ3) is 6.22. The van der Waals surface area contributed by atoms with Crippen LogP contribution in [0.4, 0.5) is 11.4 Å². The molecule has 1 amide bonds. The molecule has 0 bridgehead atoms. The number of benzene rings is 2. The summed E-state index contributed by atoms with van der Waals surface area (Å²) in [5.41, 5.74) is 9.07. The summed E-state index contributed by atoms with van der Waals surface area (Å²) in [4.78, 5) is 26.6. The number of carbonyl (C=O) groups is 2. The SMILES string of the molecule is Nc1cccc(CC(=O)Cc2ccc(NC(=O)CCN3CCCC3)cc2)c1. The van der Waals surface area contributed by atoms with E-state index in [0.717, 1.165) is 36.4 Å². The van der Waals surface area contributed by atoms with Gasteiger partial charge in [-0.3, -0.25) is 9.59 Å². The molecule has 5 heteroatoms. The van der Waals surface area contributed by atoms with Gasteiger partial charge in [0.1, 0.15) is 5.78 Å². The average Bonchev–Trinajstić information content (AvgIpc) is 3.15. The summed E-state index contributed by atoms with van der Waals surface area (Å²) in [5.74, 6) is 0.176. The zero-order chi connectivity index (χ0) is 19.1. The quantitative estimate of drug-likeness (QED) is 0.705. The molecule has 2 aromatic carbocycles. The highest BCUT2D eigenvalue weighted by Gasteiger charge is 2.13. The second-order valence-electron chi connectivity index (χ2n) is 7.18. The number of nitrogens with one attached hydrogen (secondary N) is 1. The van der Waals surface area contributed by atoms with Crippen LogP contribution in [0.1, 0.15) is 30.4 Å². The lowest BCUT2D eigenvalue weighted by atomic mass is 10.0. The summed E-state index contributed by atoms with van der Waals surface area (Å²) in [6.07, 6.45) is 3.73. The summed E-state index contributed by atoms with van der Waals surface area (Å²) in [6.45, 7) is 3.03. The van der Waals surface area contributed by atoms with Crippen molar-refractivity contribution >= 4 is 23.1 Å². The van der Waals surface area contributed by atoms with E-state index in [4.69, 9.17) is 5.73 Å². The van der Waals surface area contributed by atoms with Crippen molar-refractivity contribution in [3.8, 4) is 0 Å². The van der Waals surface area contributed by atoms with E-state index in [2.05, 4.69) is 10.2 Å². The Hall–Kier alpha value is -2.66. The van der Waals surface area contributed by atoms with Gasteiger partial charge in [-0.15, -0.1) is 0 Å². The third-order valence-electron chi connectivity index (χ3n) is 4.85. The summed E-state index contributed by atoms with van der Waals surface area (Å²) in [5, 5.41) is 2.93. The van der Waals surface area contributed by atoms with Gasteiger partial charge < -0.3 is 16.0 Å². The minimum Gasteiger partial charge on any atom is -0.399 e. The molecule has 0 radical (unpaired) electrons. The molecule has 2 aromatic rings. The number of nitrogen functional groups attached to an aromatic ring is 1. The first kappa shape index (κ1) is 19.1. The predicted molar refractivity (Wildman–Crippen MR) is 109 cm³/mol. The number of hydrogen-bond acceptors (Lipinski definition) is 4. The van der Waals surface area contributed by atoms with Crippen molar-refractivity contribution in [2.24, 2.45) is 0 Å². The van der Waals surface area contributed by atoms with Crippen LogP contribution >= 0.6 is 0 Å². The van der Waals surface area contributed by atoms with Gasteiger partial charge >= 0.3 is 0 Å². The number of amides is 1. The first-order valence-electron chi connectivity index (χ1n) is 9.56. The molecule has 1 heterocycles. The Bertz CT molecular complexity index is 780. The van der Waals surface area contributed by atoms with Gasteiger partial charge in [0.05, 0.1) is 0 Å². The molecule has 3 rings (SSSR count). The number of likely N-dealkylation sites (tertiary alicyclic amines) is 1. The van der Waals surface area contributed by atoms with E-state index in [1.54, 1.807) is 0 Å². The summed E-state index contributed by atoms with van der Waals surface area (Å²) < 4.78 is 0. The standard InChI is InChI=1S/C22H27N3O2/c23-19-5-3-4-18(14-19)16-21(26)15-17-6-8-20(9-7-17)24-22(27)10-13-25-11-1-2-12-25/h3-9,14H,1-2,10-13,15-16,23H2,(H,24,27).